The molecular formula is C28H30N8O. The molecule has 3 heterocycles. The molecule has 9 heteroatoms. The Balaban J connectivity index is 1.64. The van der Waals surface area contributed by atoms with Gasteiger partial charge >= 0.3 is 0 Å². The number of aryl methyl sites for hydroxylation is 1. The van der Waals surface area contributed by atoms with E-state index in [2.05, 4.69) is 34.0 Å². The third-order valence-corrected chi connectivity index (χ3v) is 6.19. The number of fused-ring (bicyclic) bond motifs is 1. The summed E-state index contributed by atoms with van der Waals surface area (Å²) in [5, 5.41) is 11.1. The topological polar surface area (TPSA) is 125 Å². The maximum absolute atomic E-state index is 12.8. The fraction of sp³-hybridized carbons (Fsp3) is 0.250. The maximum atomic E-state index is 12.8. The first-order valence-electron chi connectivity index (χ1n) is 12.1. The predicted octanol–water partition coefficient (Wildman–Crippen LogP) is 4.57. The van der Waals surface area contributed by atoms with Gasteiger partial charge in [0.2, 0.25) is 0 Å². The summed E-state index contributed by atoms with van der Waals surface area (Å²) in [7, 11) is 1.81. The monoisotopic (exact) mass is 494 g/mol. The van der Waals surface area contributed by atoms with Gasteiger partial charge in [0.05, 0.1) is 6.04 Å². The SMILES string of the molecule is CC#CC(=N)N(C)[C@@H](C)c1nc(-c2ccc(C(=O)Nc3cc(CCC)ccn3)cc2)c2c(N)nccn12. The number of nitrogens with one attached hydrogen (secondary N) is 2. The van der Waals surface area contributed by atoms with Crippen molar-refractivity contribution >= 4 is 28.9 Å². The van der Waals surface area contributed by atoms with Crippen LogP contribution in [0.3, 0.4) is 0 Å². The number of nitrogens with zero attached hydrogens (tertiary/aromatic N) is 5. The molecule has 1 aromatic carbocycles. The zero-order chi connectivity index (χ0) is 26.5. The first-order chi connectivity index (χ1) is 17.8. The van der Waals surface area contributed by atoms with E-state index in [-0.39, 0.29) is 17.8 Å². The minimum atomic E-state index is -0.252. The summed E-state index contributed by atoms with van der Waals surface area (Å²) in [5.74, 6) is 7.06. The summed E-state index contributed by atoms with van der Waals surface area (Å²) in [6.45, 7) is 5.77. The number of benzene rings is 1. The predicted molar refractivity (Wildman–Crippen MR) is 146 cm³/mol. The van der Waals surface area contributed by atoms with Crippen LogP contribution in [0.5, 0.6) is 0 Å². The molecule has 0 fully saturated rings. The average Bonchev–Trinajstić information content (AvgIpc) is 3.29. The van der Waals surface area contributed by atoms with E-state index >= 15 is 0 Å². The van der Waals surface area contributed by atoms with Gasteiger partial charge in [-0.15, -0.1) is 0 Å². The molecule has 0 saturated carbocycles. The molecule has 0 radical (unpaired) electrons. The number of pyridine rings is 1. The molecule has 4 N–H and O–H groups in total. The second kappa shape index (κ2) is 10.9. The number of nitrogens with two attached hydrogens (primary N) is 1. The van der Waals surface area contributed by atoms with Crippen LogP contribution in [0.4, 0.5) is 11.6 Å². The van der Waals surface area contributed by atoms with E-state index in [9.17, 15) is 4.79 Å². The second-order valence-electron chi connectivity index (χ2n) is 8.69. The van der Waals surface area contributed by atoms with Crippen molar-refractivity contribution in [3.05, 3.63) is 71.9 Å². The summed E-state index contributed by atoms with van der Waals surface area (Å²) in [6, 6.07) is 10.8. The van der Waals surface area contributed by atoms with Gasteiger partial charge in [-0.1, -0.05) is 31.4 Å². The normalized spacial score (nSPS) is 11.5. The largest absolute Gasteiger partial charge is 0.382 e. The molecular weight excluding hydrogens is 464 g/mol. The Hall–Kier alpha value is -4.71. The summed E-state index contributed by atoms with van der Waals surface area (Å²) < 4.78 is 1.89. The summed E-state index contributed by atoms with van der Waals surface area (Å²) >= 11 is 0. The minimum Gasteiger partial charge on any atom is -0.382 e. The van der Waals surface area contributed by atoms with Crippen LogP contribution >= 0.6 is 0 Å². The fourth-order valence-electron chi connectivity index (χ4n) is 4.11. The lowest BCUT2D eigenvalue weighted by Crippen LogP contribution is -2.29. The van der Waals surface area contributed by atoms with E-state index in [1.54, 1.807) is 42.5 Å². The molecule has 1 atom stereocenters. The molecule has 9 nitrogen and oxygen atoms in total. The van der Waals surface area contributed by atoms with Gasteiger partial charge in [-0.05, 0) is 56.0 Å². The van der Waals surface area contributed by atoms with Gasteiger partial charge in [-0.2, -0.15) is 0 Å². The number of nitrogen functional groups attached to an aromatic ring is 1. The fourth-order valence-corrected chi connectivity index (χ4v) is 4.11. The quantitative estimate of drug-likeness (QED) is 0.196. The molecule has 0 aliphatic heterocycles. The summed E-state index contributed by atoms with van der Waals surface area (Å²) in [6.07, 6.45) is 7.09. The van der Waals surface area contributed by atoms with E-state index in [1.165, 1.54) is 0 Å². The van der Waals surface area contributed by atoms with E-state index in [0.29, 0.717) is 34.2 Å². The van der Waals surface area contributed by atoms with Crippen molar-refractivity contribution in [3.8, 4) is 23.1 Å². The third-order valence-electron chi connectivity index (χ3n) is 6.19. The van der Waals surface area contributed by atoms with Crippen molar-refractivity contribution in [1.82, 2.24) is 24.3 Å². The number of anilines is 2. The molecule has 0 saturated heterocycles. The molecule has 37 heavy (non-hydrogen) atoms. The van der Waals surface area contributed by atoms with Crippen molar-refractivity contribution in [2.24, 2.45) is 0 Å². The zero-order valence-electron chi connectivity index (χ0n) is 21.4. The summed E-state index contributed by atoms with van der Waals surface area (Å²) in [4.78, 5) is 28.0. The maximum Gasteiger partial charge on any atom is 0.256 e. The lowest BCUT2D eigenvalue weighted by molar-refractivity contribution is 0.102. The van der Waals surface area contributed by atoms with Crippen molar-refractivity contribution < 1.29 is 4.79 Å². The molecule has 188 valence electrons. The number of carbonyl (C=O) groups excluding carboxylic acids is 1. The lowest BCUT2D eigenvalue weighted by Gasteiger charge is -2.23. The van der Waals surface area contributed by atoms with E-state index in [1.807, 2.05) is 42.6 Å². The molecule has 0 aliphatic rings. The van der Waals surface area contributed by atoms with Gasteiger partial charge in [0.15, 0.2) is 5.84 Å². The van der Waals surface area contributed by atoms with E-state index in [0.717, 1.165) is 24.0 Å². The molecule has 0 unspecified atom stereocenters. The molecule has 4 aromatic rings. The van der Waals surface area contributed by atoms with Gasteiger partial charge in [-0.25, -0.2) is 15.0 Å². The number of imidazole rings is 1. The van der Waals surface area contributed by atoms with Gasteiger partial charge < -0.3 is 16.0 Å². The van der Waals surface area contributed by atoms with Crippen LogP contribution in [0.15, 0.2) is 55.0 Å². The highest BCUT2D eigenvalue weighted by Crippen LogP contribution is 2.31. The van der Waals surface area contributed by atoms with Crippen LogP contribution in [0.2, 0.25) is 0 Å². The van der Waals surface area contributed by atoms with Gasteiger partial charge in [0.25, 0.3) is 5.91 Å². The molecule has 0 spiro atoms. The number of hydrogen-bond donors (Lipinski definition) is 3. The average molecular weight is 495 g/mol. The number of rotatable bonds is 7. The Labute approximate surface area is 216 Å². The van der Waals surface area contributed by atoms with Crippen LogP contribution in [0.1, 0.15) is 55.0 Å². The van der Waals surface area contributed by atoms with E-state index < -0.39 is 0 Å². The third kappa shape index (κ3) is 5.28. The van der Waals surface area contributed by atoms with Gasteiger partial charge in [-0.3, -0.25) is 14.6 Å². The van der Waals surface area contributed by atoms with Crippen LogP contribution in [0.25, 0.3) is 16.8 Å². The molecule has 0 bridgehead atoms. The number of amides is 1. The first-order valence-corrected chi connectivity index (χ1v) is 12.1. The van der Waals surface area contributed by atoms with Crippen LogP contribution in [-0.4, -0.2) is 43.0 Å². The highest BCUT2D eigenvalue weighted by atomic mass is 16.1. The van der Waals surface area contributed by atoms with Crippen molar-refractivity contribution in [1.29, 1.82) is 5.41 Å². The van der Waals surface area contributed by atoms with Crippen molar-refractivity contribution in [2.45, 2.75) is 39.7 Å². The Morgan fingerprint density at radius 1 is 1.22 bits per heavy atom. The van der Waals surface area contributed by atoms with Crippen LogP contribution in [0, 0.1) is 17.3 Å². The summed E-state index contributed by atoms with van der Waals surface area (Å²) in [5.41, 5.74) is 10.0. The van der Waals surface area contributed by atoms with E-state index in [4.69, 9.17) is 16.1 Å². The van der Waals surface area contributed by atoms with Crippen molar-refractivity contribution in [2.75, 3.05) is 18.1 Å². The van der Waals surface area contributed by atoms with Crippen LogP contribution in [-0.2, 0) is 6.42 Å². The zero-order valence-corrected chi connectivity index (χ0v) is 21.4. The van der Waals surface area contributed by atoms with Gasteiger partial charge in [0.1, 0.15) is 28.7 Å². The second-order valence-corrected chi connectivity index (χ2v) is 8.69. The highest BCUT2D eigenvalue weighted by Gasteiger charge is 2.23. The lowest BCUT2D eigenvalue weighted by atomic mass is 10.1. The first kappa shape index (κ1) is 25.4. The molecule has 3 aromatic heterocycles. The molecule has 4 rings (SSSR count). The Morgan fingerprint density at radius 3 is 2.68 bits per heavy atom. The highest BCUT2D eigenvalue weighted by molar-refractivity contribution is 6.04. The Morgan fingerprint density at radius 2 is 1.97 bits per heavy atom. The van der Waals surface area contributed by atoms with Gasteiger partial charge in [0, 0.05) is 36.8 Å². The number of aromatic nitrogens is 4. The molecule has 1 amide bonds. The standard InChI is InChI=1S/C28H30N8O/c1-5-7-19-13-14-31-23(17-19)33-28(37)21-11-9-20(10-12-21)24-25-26(30)32-15-16-36(25)27(34-24)18(3)35(4)22(29)8-6-2/h9-18,29H,5,7H2,1-4H3,(H2,30,32)(H,31,33,37)/t18-/m0/s1. The number of carbonyl (C=O) groups is 1. The van der Waals surface area contributed by atoms with Crippen LogP contribution < -0.4 is 11.1 Å². The minimum absolute atomic E-state index is 0.195. The smallest absolute Gasteiger partial charge is 0.256 e. The Kier molecular flexibility index (Phi) is 7.49. The number of hydrogen-bond acceptors (Lipinski definition) is 6. The Bertz CT molecular complexity index is 1510. The van der Waals surface area contributed by atoms with Crippen molar-refractivity contribution in [3.63, 3.8) is 0 Å². The molecule has 0 aliphatic carbocycles. The number of amidine groups is 1.